The van der Waals surface area contributed by atoms with Crippen LogP contribution in [0, 0.1) is 12.8 Å². The van der Waals surface area contributed by atoms with Crippen LogP contribution in [0.25, 0.3) is 0 Å². The van der Waals surface area contributed by atoms with Crippen molar-refractivity contribution in [2.45, 2.75) is 46.0 Å². The summed E-state index contributed by atoms with van der Waals surface area (Å²) in [5, 5.41) is 0. The number of rotatable bonds is 11. The number of hydrogen-bond donors (Lipinski definition) is 0. The topological polar surface area (TPSA) is 95.5 Å². The van der Waals surface area contributed by atoms with Gasteiger partial charge in [0.15, 0.2) is 5.92 Å². The van der Waals surface area contributed by atoms with E-state index in [2.05, 4.69) is 16.5 Å². The zero-order valence-electron chi connectivity index (χ0n) is 15.6. The predicted octanol–water partition coefficient (Wildman–Crippen LogP) is 2.54. The molecule has 0 saturated carbocycles. The van der Waals surface area contributed by atoms with Gasteiger partial charge in [0.1, 0.15) is 11.6 Å². The highest BCUT2D eigenvalue weighted by molar-refractivity contribution is 5.97. The van der Waals surface area contributed by atoms with Gasteiger partial charge in [0.25, 0.3) is 0 Å². The second-order valence-electron chi connectivity index (χ2n) is 5.72. The number of nitrogens with zero attached hydrogens (tertiary/aromatic N) is 2. The monoisotopic (exact) mass is 362 g/mol. The van der Waals surface area contributed by atoms with E-state index >= 15 is 0 Å². The van der Waals surface area contributed by atoms with Gasteiger partial charge >= 0.3 is 11.9 Å². The Hall–Kier alpha value is -2.57. The zero-order valence-corrected chi connectivity index (χ0v) is 15.6. The fourth-order valence-corrected chi connectivity index (χ4v) is 2.52. The Morgan fingerprint density at radius 3 is 2.12 bits per heavy atom. The van der Waals surface area contributed by atoms with E-state index in [1.54, 1.807) is 26.8 Å². The van der Waals surface area contributed by atoms with Gasteiger partial charge < -0.3 is 9.47 Å². The smallest absolute Gasteiger partial charge is 0.320 e. The standard InChI is InChI=1S/C19H26N2O5/c1-5-8-9-15(22)10-16(14-11-20-13(4)21-12-14)17(18(23)25-6-2)19(24)26-7-3/h5,11-12,16-17H,1,6-10H2,2-4H3. The normalized spacial score (nSPS) is 11.7. The largest absolute Gasteiger partial charge is 0.465 e. The molecule has 1 aromatic rings. The highest BCUT2D eigenvalue weighted by Crippen LogP contribution is 2.31. The Labute approximate surface area is 153 Å². The number of allylic oxidation sites excluding steroid dienone is 1. The third kappa shape index (κ3) is 6.38. The molecule has 142 valence electrons. The highest BCUT2D eigenvalue weighted by Gasteiger charge is 2.39. The quantitative estimate of drug-likeness (QED) is 0.339. The number of aryl methyl sites for hydroxylation is 1. The first kappa shape index (κ1) is 21.5. The zero-order chi connectivity index (χ0) is 19.5. The lowest BCUT2D eigenvalue weighted by atomic mass is 9.82. The van der Waals surface area contributed by atoms with Crippen LogP contribution in [0.15, 0.2) is 25.0 Å². The summed E-state index contributed by atoms with van der Waals surface area (Å²) in [6.45, 7) is 8.87. The molecule has 1 heterocycles. The summed E-state index contributed by atoms with van der Waals surface area (Å²) in [7, 11) is 0. The van der Waals surface area contributed by atoms with Crippen molar-refractivity contribution in [3.8, 4) is 0 Å². The van der Waals surface area contributed by atoms with Crippen LogP contribution in [0.5, 0.6) is 0 Å². The summed E-state index contributed by atoms with van der Waals surface area (Å²) in [6, 6.07) is 0. The SMILES string of the molecule is C=CCCC(=O)CC(c1cnc(C)nc1)C(C(=O)OCC)C(=O)OCC. The van der Waals surface area contributed by atoms with Crippen molar-refractivity contribution in [1.29, 1.82) is 0 Å². The maximum atomic E-state index is 12.4. The Morgan fingerprint density at radius 2 is 1.65 bits per heavy atom. The van der Waals surface area contributed by atoms with Crippen LogP contribution in [-0.2, 0) is 23.9 Å². The number of esters is 2. The van der Waals surface area contributed by atoms with Gasteiger partial charge in [0.05, 0.1) is 13.2 Å². The van der Waals surface area contributed by atoms with Gasteiger partial charge in [-0.2, -0.15) is 0 Å². The van der Waals surface area contributed by atoms with Crippen LogP contribution >= 0.6 is 0 Å². The molecule has 1 rings (SSSR count). The van der Waals surface area contributed by atoms with E-state index in [0.717, 1.165) is 0 Å². The van der Waals surface area contributed by atoms with Gasteiger partial charge in [0, 0.05) is 31.2 Å². The molecule has 1 atom stereocenters. The molecule has 0 fully saturated rings. The summed E-state index contributed by atoms with van der Waals surface area (Å²) in [5.41, 5.74) is 0.522. The molecule has 0 spiro atoms. The van der Waals surface area contributed by atoms with E-state index in [1.807, 2.05) is 0 Å². The Balaban J connectivity index is 3.24. The number of aromatic nitrogens is 2. The minimum Gasteiger partial charge on any atom is -0.465 e. The van der Waals surface area contributed by atoms with E-state index in [1.165, 1.54) is 12.4 Å². The summed E-state index contributed by atoms with van der Waals surface area (Å²) in [6.07, 6.45) is 5.50. The number of hydrogen-bond acceptors (Lipinski definition) is 7. The van der Waals surface area contributed by atoms with E-state index in [0.29, 0.717) is 17.8 Å². The number of Topliss-reactive ketones (excluding diaryl/α,β-unsaturated/α-hetero) is 1. The van der Waals surface area contributed by atoms with Crippen LogP contribution in [0.4, 0.5) is 0 Å². The molecular weight excluding hydrogens is 336 g/mol. The van der Waals surface area contributed by atoms with Crippen molar-refractivity contribution >= 4 is 17.7 Å². The molecule has 0 saturated heterocycles. The highest BCUT2D eigenvalue weighted by atomic mass is 16.6. The van der Waals surface area contributed by atoms with Crippen molar-refractivity contribution in [1.82, 2.24) is 9.97 Å². The van der Waals surface area contributed by atoms with Crippen molar-refractivity contribution in [3.05, 3.63) is 36.4 Å². The van der Waals surface area contributed by atoms with Crippen LogP contribution in [0.3, 0.4) is 0 Å². The van der Waals surface area contributed by atoms with Crippen LogP contribution in [-0.4, -0.2) is 40.9 Å². The van der Waals surface area contributed by atoms with E-state index in [4.69, 9.17) is 9.47 Å². The first-order valence-corrected chi connectivity index (χ1v) is 8.68. The number of ketones is 1. The number of carbonyl (C=O) groups is 3. The lowest BCUT2D eigenvalue weighted by molar-refractivity contribution is -0.162. The first-order valence-electron chi connectivity index (χ1n) is 8.68. The molecule has 26 heavy (non-hydrogen) atoms. The summed E-state index contributed by atoms with van der Waals surface area (Å²) in [4.78, 5) is 45.5. The van der Waals surface area contributed by atoms with Crippen molar-refractivity contribution in [2.24, 2.45) is 5.92 Å². The maximum absolute atomic E-state index is 12.4. The molecule has 0 aliphatic heterocycles. The molecule has 0 radical (unpaired) electrons. The Morgan fingerprint density at radius 1 is 1.12 bits per heavy atom. The van der Waals surface area contributed by atoms with E-state index in [9.17, 15) is 14.4 Å². The molecule has 7 nitrogen and oxygen atoms in total. The van der Waals surface area contributed by atoms with Crippen LogP contribution in [0.2, 0.25) is 0 Å². The molecule has 0 aromatic carbocycles. The Bertz CT molecular complexity index is 609. The molecule has 0 aliphatic rings. The van der Waals surface area contributed by atoms with Gasteiger partial charge in [-0.25, -0.2) is 9.97 Å². The van der Waals surface area contributed by atoms with Crippen LogP contribution < -0.4 is 0 Å². The minimum absolute atomic E-state index is 0.0114. The molecular formula is C19H26N2O5. The molecule has 1 unspecified atom stereocenters. The lowest BCUT2D eigenvalue weighted by Gasteiger charge is -2.23. The summed E-state index contributed by atoms with van der Waals surface area (Å²) < 4.78 is 10.1. The summed E-state index contributed by atoms with van der Waals surface area (Å²) >= 11 is 0. The minimum atomic E-state index is -1.24. The van der Waals surface area contributed by atoms with Gasteiger partial charge in [-0.05, 0) is 32.8 Å². The van der Waals surface area contributed by atoms with Crippen molar-refractivity contribution < 1.29 is 23.9 Å². The van der Waals surface area contributed by atoms with Gasteiger partial charge in [-0.15, -0.1) is 6.58 Å². The second kappa shape index (κ2) is 11.1. The molecule has 0 N–H and O–H groups in total. The third-order valence-corrected chi connectivity index (χ3v) is 3.79. The molecule has 7 heteroatoms. The summed E-state index contributed by atoms with van der Waals surface area (Å²) in [5.74, 6) is -2.95. The van der Waals surface area contributed by atoms with E-state index < -0.39 is 23.8 Å². The van der Waals surface area contributed by atoms with Crippen LogP contribution in [0.1, 0.15) is 50.4 Å². The van der Waals surface area contributed by atoms with E-state index in [-0.39, 0.29) is 31.8 Å². The van der Waals surface area contributed by atoms with Gasteiger partial charge in [-0.1, -0.05) is 6.08 Å². The maximum Gasteiger partial charge on any atom is 0.320 e. The molecule has 0 amide bonds. The second-order valence-corrected chi connectivity index (χ2v) is 5.72. The predicted molar refractivity (Wildman–Crippen MR) is 95.3 cm³/mol. The average molecular weight is 362 g/mol. The van der Waals surface area contributed by atoms with Crippen molar-refractivity contribution in [3.63, 3.8) is 0 Å². The van der Waals surface area contributed by atoms with Crippen molar-refractivity contribution in [2.75, 3.05) is 13.2 Å². The average Bonchev–Trinajstić information content (AvgIpc) is 2.60. The third-order valence-electron chi connectivity index (χ3n) is 3.79. The number of ether oxygens (including phenoxy) is 2. The van der Waals surface area contributed by atoms with Gasteiger partial charge in [-0.3, -0.25) is 14.4 Å². The molecule has 1 aromatic heterocycles. The Kier molecular flexibility index (Phi) is 9.19. The lowest BCUT2D eigenvalue weighted by Crippen LogP contribution is -2.34. The number of carbonyl (C=O) groups excluding carboxylic acids is 3. The fourth-order valence-electron chi connectivity index (χ4n) is 2.52. The van der Waals surface area contributed by atoms with Gasteiger partial charge in [0.2, 0.25) is 0 Å². The first-order chi connectivity index (χ1) is 12.4. The molecule has 0 bridgehead atoms. The fraction of sp³-hybridized carbons (Fsp3) is 0.526. The molecule has 0 aliphatic carbocycles.